The average Bonchev–Trinajstić information content (AvgIpc) is 2.74. The van der Waals surface area contributed by atoms with E-state index in [0.717, 1.165) is 13.0 Å². The fraction of sp³-hybridized carbons (Fsp3) is 0.667. The van der Waals surface area contributed by atoms with Gasteiger partial charge in [-0.3, -0.25) is 0 Å². The summed E-state index contributed by atoms with van der Waals surface area (Å²) in [6.07, 6.45) is 7.58. The van der Waals surface area contributed by atoms with Gasteiger partial charge >= 0.3 is 0 Å². The van der Waals surface area contributed by atoms with Crippen molar-refractivity contribution in [2.45, 2.75) is 37.5 Å². The summed E-state index contributed by atoms with van der Waals surface area (Å²) in [5.74, 6) is 1.19. The lowest BCUT2D eigenvalue weighted by molar-refractivity contribution is 0.413. The summed E-state index contributed by atoms with van der Waals surface area (Å²) in [5.41, 5.74) is 1.38. The molecular formula is C12H19NOS. The van der Waals surface area contributed by atoms with E-state index in [4.69, 9.17) is 4.42 Å². The Labute approximate surface area is 95.8 Å². The summed E-state index contributed by atoms with van der Waals surface area (Å²) < 4.78 is 5.47. The van der Waals surface area contributed by atoms with Crippen LogP contribution in [0.25, 0.3) is 0 Å². The third kappa shape index (κ3) is 2.58. The third-order valence-corrected chi connectivity index (χ3v) is 4.08. The standard InChI is InChI=1S/C12H19NOS/c1-9(15-2)8-13-11-4-3-5-12-10(11)6-7-14-12/h6-7,9,11,13H,3-5,8H2,1-2H3. The zero-order valence-electron chi connectivity index (χ0n) is 9.45. The minimum atomic E-state index is 0.516. The van der Waals surface area contributed by atoms with Gasteiger partial charge in [0.1, 0.15) is 5.76 Å². The van der Waals surface area contributed by atoms with Crippen molar-refractivity contribution < 1.29 is 4.42 Å². The zero-order valence-corrected chi connectivity index (χ0v) is 10.3. The highest BCUT2D eigenvalue weighted by molar-refractivity contribution is 7.99. The number of aryl methyl sites for hydroxylation is 1. The lowest BCUT2D eigenvalue weighted by Crippen LogP contribution is -2.29. The van der Waals surface area contributed by atoms with Crippen molar-refractivity contribution in [2.75, 3.05) is 12.8 Å². The molecule has 2 atom stereocenters. The van der Waals surface area contributed by atoms with E-state index < -0.39 is 0 Å². The molecule has 1 aromatic heterocycles. The summed E-state index contributed by atoms with van der Waals surface area (Å²) in [5, 5.41) is 4.32. The molecular weight excluding hydrogens is 206 g/mol. The van der Waals surface area contributed by atoms with Crippen molar-refractivity contribution >= 4 is 11.8 Å². The molecule has 0 aromatic carbocycles. The van der Waals surface area contributed by atoms with E-state index in [2.05, 4.69) is 24.6 Å². The highest BCUT2D eigenvalue weighted by atomic mass is 32.2. The molecule has 15 heavy (non-hydrogen) atoms. The van der Waals surface area contributed by atoms with E-state index in [-0.39, 0.29) is 0 Å². The maximum Gasteiger partial charge on any atom is 0.108 e. The Morgan fingerprint density at radius 3 is 3.33 bits per heavy atom. The van der Waals surface area contributed by atoms with Gasteiger partial charge in [-0.1, -0.05) is 6.92 Å². The second-order valence-corrected chi connectivity index (χ2v) is 5.47. The van der Waals surface area contributed by atoms with Crippen molar-refractivity contribution in [1.82, 2.24) is 5.32 Å². The van der Waals surface area contributed by atoms with Crippen LogP contribution in [-0.4, -0.2) is 18.1 Å². The molecule has 0 fully saturated rings. The van der Waals surface area contributed by atoms with Gasteiger partial charge in [-0.25, -0.2) is 0 Å². The van der Waals surface area contributed by atoms with Crippen LogP contribution >= 0.6 is 11.8 Å². The van der Waals surface area contributed by atoms with Gasteiger partial charge in [0.05, 0.1) is 6.26 Å². The molecule has 2 unspecified atom stereocenters. The number of nitrogens with one attached hydrogen (secondary N) is 1. The Bertz CT molecular complexity index is 310. The summed E-state index contributed by atoms with van der Waals surface area (Å²) in [4.78, 5) is 0. The van der Waals surface area contributed by atoms with Gasteiger partial charge < -0.3 is 9.73 Å². The zero-order chi connectivity index (χ0) is 10.7. The molecule has 1 N–H and O–H groups in total. The van der Waals surface area contributed by atoms with Crippen molar-refractivity contribution in [3.63, 3.8) is 0 Å². The molecule has 1 aliphatic carbocycles. The van der Waals surface area contributed by atoms with Crippen LogP contribution in [0.2, 0.25) is 0 Å². The SMILES string of the molecule is CSC(C)CNC1CCCc2occc21. The van der Waals surface area contributed by atoms with Crippen molar-refractivity contribution in [1.29, 1.82) is 0 Å². The molecule has 2 nitrogen and oxygen atoms in total. The lowest BCUT2D eigenvalue weighted by atomic mass is 9.93. The van der Waals surface area contributed by atoms with E-state index in [9.17, 15) is 0 Å². The van der Waals surface area contributed by atoms with E-state index >= 15 is 0 Å². The van der Waals surface area contributed by atoms with Crippen LogP contribution in [-0.2, 0) is 6.42 Å². The molecule has 0 saturated heterocycles. The van der Waals surface area contributed by atoms with Crippen LogP contribution in [0.5, 0.6) is 0 Å². The highest BCUT2D eigenvalue weighted by Gasteiger charge is 2.22. The average molecular weight is 225 g/mol. The van der Waals surface area contributed by atoms with Gasteiger partial charge in [0.25, 0.3) is 0 Å². The molecule has 84 valence electrons. The van der Waals surface area contributed by atoms with Gasteiger partial charge in [-0.05, 0) is 25.2 Å². The molecule has 3 heteroatoms. The van der Waals surface area contributed by atoms with Gasteiger partial charge in [0.15, 0.2) is 0 Å². The minimum Gasteiger partial charge on any atom is -0.469 e. The number of hydrogen-bond acceptors (Lipinski definition) is 3. The molecule has 2 rings (SSSR count). The van der Waals surface area contributed by atoms with Crippen LogP contribution in [0.15, 0.2) is 16.7 Å². The Morgan fingerprint density at radius 1 is 1.67 bits per heavy atom. The monoisotopic (exact) mass is 225 g/mol. The topological polar surface area (TPSA) is 25.2 Å². The van der Waals surface area contributed by atoms with E-state index in [0.29, 0.717) is 11.3 Å². The second kappa shape index (κ2) is 5.08. The smallest absolute Gasteiger partial charge is 0.108 e. The van der Waals surface area contributed by atoms with Crippen LogP contribution in [0, 0.1) is 0 Å². The maximum absolute atomic E-state index is 5.47. The van der Waals surface area contributed by atoms with Crippen LogP contribution in [0.4, 0.5) is 0 Å². The van der Waals surface area contributed by atoms with Gasteiger partial charge in [0.2, 0.25) is 0 Å². The maximum atomic E-state index is 5.47. The summed E-state index contributed by atoms with van der Waals surface area (Å²) in [6.45, 7) is 3.34. The van der Waals surface area contributed by atoms with Gasteiger partial charge in [-0.15, -0.1) is 0 Å². The first-order valence-electron chi connectivity index (χ1n) is 5.63. The summed E-state index contributed by atoms with van der Waals surface area (Å²) in [7, 11) is 0. The molecule has 0 amide bonds. The first kappa shape index (κ1) is 11.1. The first-order valence-corrected chi connectivity index (χ1v) is 6.92. The number of thioether (sulfide) groups is 1. The fourth-order valence-electron chi connectivity index (χ4n) is 2.09. The van der Waals surface area contributed by atoms with Crippen molar-refractivity contribution in [2.24, 2.45) is 0 Å². The predicted molar refractivity (Wildman–Crippen MR) is 65.4 cm³/mol. The molecule has 1 aliphatic rings. The minimum absolute atomic E-state index is 0.516. The number of fused-ring (bicyclic) bond motifs is 1. The molecule has 1 aromatic rings. The quantitative estimate of drug-likeness (QED) is 0.852. The summed E-state index contributed by atoms with van der Waals surface area (Å²) >= 11 is 1.91. The largest absolute Gasteiger partial charge is 0.469 e. The molecule has 0 bridgehead atoms. The lowest BCUT2D eigenvalue weighted by Gasteiger charge is -2.24. The Morgan fingerprint density at radius 2 is 2.53 bits per heavy atom. The molecule has 0 saturated carbocycles. The Balaban J connectivity index is 1.95. The van der Waals surface area contributed by atoms with Crippen molar-refractivity contribution in [3.8, 4) is 0 Å². The van der Waals surface area contributed by atoms with Crippen molar-refractivity contribution in [3.05, 3.63) is 23.7 Å². The number of hydrogen-bond donors (Lipinski definition) is 1. The van der Waals surface area contributed by atoms with Crippen LogP contribution in [0.3, 0.4) is 0 Å². The Kier molecular flexibility index (Phi) is 3.76. The van der Waals surface area contributed by atoms with E-state index in [1.54, 1.807) is 0 Å². The molecule has 0 spiro atoms. The number of rotatable bonds is 4. The molecule has 1 heterocycles. The highest BCUT2D eigenvalue weighted by Crippen LogP contribution is 2.30. The summed E-state index contributed by atoms with van der Waals surface area (Å²) in [6, 6.07) is 2.64. The normalized spacial score (nSPS) is 22.4. The second-order valence-electron chi connectivity index (χ2n) is 4.20. The first-order chi connectivity index (χ1) is 7.31. The van der Waals surface area contributed by atoms with E-state index in [1.807, 2.05) is 18.0 Å². The van der Waals surface area contributed by atoms with E-state index in [1.165, 1.54) is 24.2 Å². The third-order valence-electron chi connectivity index (χ3n) is 3.11. The van der Waals surface area contributed by atoms with Crippen LogP contribution in [0.1, 0.15) is 37.1 Å². The van der Waals surface area contributed by atoms with Gasteiger partial charge in [-0.2, -0.15) is 11.8 Å². The van der Waals surface area contributed by atoms with Gasteiger partial charge in [0, 0.05) is 29.8 Å². The molecule has 0 radical (unpaired) electrons. The molecule has 0 aliphatic heterocycles. The van der Waals surface area contributed by atoms with Crippen LogP contribution < -0.4 is 5.32 Å². The number of furan rings is 1. The predicted octanol–water partition coefficient (Wildman–Crippen LogP) is 3.00. The Hall–Kier alpha value is -0.410. The fourth-order valence-corrected chi connectivity index (χ4v) is 2.35.